The Balaban J connectivity index is 2.41. The summed E-state index contributed by atoms with van der Waals surface area (Å²) in [6.45, 7) is 0.0164. The first-order chi connectivity index (χ1) is 7.17. The molecular formula is C8H17NO5S2. The van der Waals surface area contributed by atoms with Crippen molar-refractivity contribution in [3.05, 3.63) is 0 Å². The average molecular weight is 271 g/mol. The molecule has 1 saturated carbocycles. The minimum absolute atomic E-state index is 0.0164. The predicted octanol–water partition coefficient (Wildman–Crippen LogP) is -0.319. The normalized spacial score (nSPS) is 19.6. The summed E-state index contributed by atoms with van der Waals surface area (Å²) >= 11 is 0. The van der Waals surface area contributed by atoms with Crippen LogP contribution in [0.1, 0.15) is 19.3 Å². The quantitative estimate of drug-likeness (QED) is 0.641. The van der Waals surface area contributed by atoms with Crippen molar-refractivity contribution in [2.45, 2.75) is 25.3 Å². The lowest BCUT2D eigenvalue weighted by molar-refractivity contribution is 0.292. The molecule has 96 valence electrons. The van der Waals surface area contributed by atoms with E-state index in [1.54, 1.807) is 0 Å². The second-order valence-electron chi connectivity index (χ2n) is 4.15. The third-order valence-electron chi connectivity index (χ3n) is 2.28. The summed E-state index contributed by atoms with van der Waals surface area (Å²) < 4.78 is 50.7. The molecule has 1 unspecified atom stereocenters. The molecule has 0 amide bonds. The van der Waals surface area contributed by atoms with Crippen molar-refractivity contribution >= 4 is 20.1 Å². The highest BCUT2D eigenvalue weighted by Gasteiger charge is 2.32. The Bertz CT molecular complexity index is 423. The van der Waals surface area contributed by atoms with Gasteiger partial charge in [-0.15, -0.1) is 0 Å². The number of sulfonamides is 1. The van der Waals surface area contributed by atoms with Crippen molar-refractivity contribution in [3.8, 4) is 0 Å². The molecule has 0 aromatic heterocycles. The van der Waals surface area contributed by atoms with Gasteiger partial charge in [-0.2, -0.15) is 8.42 Å². The molecule has 0 aromatic rings. The summed E-state index contributed by atoms with van der Waals surface area (Å²) in [6.07, 6.45) is 4.41. The number of rotatable bonds is 7. The summed E-state index contributed by atoms with van der Waals surface area (Å²) in [5.74, 6) is 0.317. The monoisotopic (exact) mass is 271 g/mol. The van der Waals surface area contributed by atoms with E-state index in [4.69, 9.17) is 0 Å². The Morgan fingerprint density at radius 3 is 2.19 bits per heavy atom. The molecular weight excluding hydrogens is 254 g/mol. The van der Waals surface area contributed by atoms with Crippen LogP contribution in [0.15, 0.2) is 0 Å². The van der Waals surface area contributed by atoms with Gasteiger partial charge in [0.25, 0.3) is 10.1 Å². The standard InChI is InChI=1S/C8H17NO5S2/c1-15(10,11)9-8(7-3-4-7)5-6-14-16(2,12)13/h7-9H,3-6H2,1-2H3. The van der Waals surface area contributed by atoms with Gasteiger partial charge in [-0.1, -0.05) is 0 Å². The largest absolute Gasteiger partial charge is 0.270 e. The second kappa shape index (κ2) is 4.99. The average Bonchev–Trinajstić information content (AvgIpc) is 2.78. The molecule has 1 fully saturated rings. The van der Waals surface area contributed by atoms with Gasteiger partial charge < -0.3 is 0 Å². The first kappa shape index (κ1) is 13.9. The predicted molar refractivity (Wildman–Crippen MR) is 59.9 cm³/mol. The number of nitrogens with one attached hydrogen (secondary N) is 1. The minimum atomic E-state index is -3.45. The summed E-state index contributed by atoms with van der Waals surface area (Å²) in [5.41, 5.74) is 0. The first-order valence-corrected chi connectivity index (χ1v) is 8.70. The molecule has 16 heavy (non-hydrogen) atoms. The van der Waals surface area contributed by atoms with E-state index in [9.17, 15) is 16.8 Å². The van der Waals surface area contributed by atoms with Crippen LogP contribution < -0.4 is 4.72 Å². The fourth-order valence-corrected chi connectivity index (χ4v) is 2.75. The van der Waals surface area contributed by atoms with Crippen LogP contribution >= 0.6 is 0 Å². The molecule has 0 bridgehead atoms. The van der Waals surface area contributed by atoms with Gasteiger partial charge in [0.1, 0.15) is 0 Å². The smallest absolute Gasteiger partial charge is 0.264 e. The van der Waals surface area contributed by atoms with Gasteiger partial charge in [0, 0.05) is 6.04 Å². The molecule has 0 heterocycles. The molecule has 1 aliphatic carbocycles. The Morgan fingerprint density at radius 1 is 1.25 bits per heavy atom. The Hall–Kier alpha value is -0.180. The third-order valence-corrected chi connectivity index (χ3v) is 3.61. The zero-order valence-corrected chi connectivity index (χ0v) is 11.0. The van der Waals surface area contributed by atoms with Crippen LogP contribution in [0.2, 0.25) is 0 Å². The van der Waals surface area contributed by atoms with E-state index < -0.39 is 20.1 Å². The van der Waals surface area contributed by atoms with Crippen molar-refractivity contribution in [1.29, 1.82) is 0 Å². The van der Waals surface area contributed by atoms with E-state index in [-0.39, 0.29) is 12.6 Å². The van der Waals surface area contributed by atoms with Gasteiger partial charge in [-0.3, -0.25) is 4.18 Å². The van der Waals surface area contributed by atoms with E-state index in [1.807, 2.05) is 0 Å². The zero-order valence-electron chi connectivity index (χ0n) is 9.34. The fourth-order valence-electron chi connectivity index (χ4n) is 1.49. The van der Waals surface area contributed by atoms with E-state index >= 15 is 0 Å². The van der Waals surface area contributed by atoms with Crippen LogP contribution in [0.3, 0.4) is 0 Å². The zero-order chi connectivity index (χ0) is 12.4. The third kappa shape index (κ3) is 6.41. The molecule has 1 atom stereocenters. The number of hydrogen-bond donors (Lipinski definition) is 1. The number of hydrogen-bond acceptors (Lipinski definition) is 5. The summed E-state index contributed by atoms with van der Waals surface area (Å²) in [6, 6.07) is -0.211. The second-order valence-corrected chi connectivity index (χ2v) is 7.57. The fraction of sp³-hybridized carbons (Fsp3) is 1.00. The van der Waals surface area contributed by atoms with Crippen molar-refractivity contribution in [2.24, 2.45) is 5.92 Å². The van der Waals surface area contributed by atoms with Crippen LogP contribution in [0.5, 0.6) is 0 Å². The molecule has 0 aromatic carbocycles. The molecule has 0 radical (unpaired) electrons. The van der Waals surface area contributed by atoms with Crippen LogP contribution in [0.4, 0.5) is 0 Å². The van der Waals surface area contributed by atoms with Gasteiger partial charge in [0.15, 0.2) is 0 Å². The Labute approximate surface area is 96.5 Å². The summed E-state index contributed by atoms with van der Waals surface area (Å²) in [4.78, 5) is 0. The maximum absolute atomic E-state index is 11.1. The van der Waals surface area contributed by atoms with Crippen molar-refractivity contribution in [1.82, 2.24) is 4.72 Å². The maximum atomic E-state index is 11.1. The molecule has 8 heteroatoms. The summed E-state index contributed by atoms with van der Waals surface area (Å²) in [5, 5.41) is 0. The molecule has 6 nitrogen and oxygen atoms in total. The van der Waals surface area contributed by atoms with E-state index in [0.717, 1.165) is 25.4 Å². The molecule has 0 spiro atoms. The van der Waals surface area contributed by atoms with E-state index in [0.29, 0.717) is 12.3 Å². The van der Waals surface area contributed by atoms with Crippen LogP contribution in [0.25, 0.3) is 0 Å². The van der Waals surface area contributed by atoms with Gasteiger partial charge in [-0.05, 0) is 25.2 Å². The molecule has 1 N–H and O–H groups in total. The SMILES string of the molecule is CS(=O)(=O)NC(CCOS(C)(=O)=O)C1CC1. The van der Waals surface area contributed by atoms with E-state index in [1.165, 1.54) is 0 Å². The van der Waals surface area contributed by atoms with Gasteiger partial charge in [-0.25, -0.2) is 13.1 Å². The Kier molecular flexibility index (Phi) is 4.33. The molecule has 1 rings (SSSR count). The molecule has 0 aliphatic heterocycles. The van der Waals surface area contributed by atoms with Gasteiger partial charge in [0.2, 0.25) is 10.0 Å². The topological polar surface area (TPSA) is 89.5 Å². The highest BCUT2D eigenvalue weighted by molar-refractivity contribution is 7.88. The van der Waals surface area contributed by atoms with Gasteiger partial charge >= 0.3 is 0 Å². The lowest BCUT2D eigenvalue weighted by atomic mass is 10.1. The van der Waals surface area contributed by atoms with Crippen LogP contribution in [-0.4, -0.2) is 42.0 Å². The highest BCUT2D eigenvalue weighted by atomic mass is 32.2. The van der Waals surface area contributed by atoms with Crippen molar-refractivity contribution in [2.75, 3.05) is 19.1 Å². The minimum Gasteiger partial charge on any atom is -0.270 e. The van der Waals surface area contributed by atoms with Crippen LogP contribution in [-0.2, 0) is 24.3 Å². The lowest BCUT2D eigenvalue weighted by Crippen LogP contribution is -2.36. The molecule has 0 saturated heterocycles. The van der Waals surface area contributed by atoms with Gasteiger partial charge in [0.05, 0.1) is 19.1 Å². The lowest BCUT2D eigenvalue weighted by Gasteiger charge is -2.16. The van der Waals surface area contributed by atoms with Crippen molar-refractivity contribution in [3.63, 3.8) is 0 Å². The van der Waals surface area contributed by atoms with Crippen molar-refractivity contribution < 1.29 is 21.0 Å². The Morgan fingerprint density at radius 2 is 1.81 bits per heavy atom. The van der Waals surface area contributed by atoms with E-state index in [2.05, 4.69) is 8.91 Å². The molecule has 1 aliphatic rings. The highest BCUT2D eigenvalue weighted by Crippen LogP contribution is 2.34. The van der Waals surface area contributed by atoms with Crippen LogP contribution in [0, 0.1) is 5.92 Å². The summed E-state index contributed by atoms with van der Waals surface area (Å²) in [7, 11) is -6.70. The first-order valence-electron chi connectivity index (χ1n) is 4.99. The maximum Gasteiger partial charge on any atom is 0.264 e.